The monoisotopic (exact) mass is 350 g/mol. The molecule has 1 amide bonds. The van der Waals surface area contributed by atoms with E-state index in [1.807, 2.05) is 13.0 Å². The van der Waals surface area contributed by atoms with Crippen LogP contribution in [0, 0.1) is 11.8 Å². The maximum absolute atomic E-state index is 12.0. The van der Waals surface area contributed by atoms with E-state index < -0.39 is 10.8 Å². The molecule has 2 atom stereocenters. The van der Waals surface area contributed by atoms with Gasteiger partial charge < -0.3 is 5.32 Å². The summed E-state index contributed by atoms with van der Waals surface area (Å²) in [5.74, 6) is 1.02. The summed E-state index contributed by atoms with van der Waals surface area (Å²) in [6.45, 7) is 8.02. The number of rotatable bonds is 7. The molecular weight excluding hydrogens is 320 g/mol. The second-order valence-electron chi connectivity index (χ2n) is 7.14. The van der Waals surface area contributed by atoms with Crippen molar-refractivity contribution in [3.63, 3.8) is 0 Å². The third kappa shape index (κ3) is 6.36. The first kappa shape index (κ1) is 19.1. The van der Waals surface area contributed by atoms with Crippen LogP contribution in [-0.2, 0) is 28.7 Å². The Balaban J connectivity index is 1.84. The average Bonchev–Trinajstić information content (AvgIpc) is 2.54. The molecule has 0 saturated carbocycles. The first-order valence-corrected chi connectivity index (χ1v) is 10.5. The molecule has 0 bridgehead atoms. The van der Waals surface area contributed by atoms with Crippen LogP contribution in [0.25, 0.3) is 0 Å². The van der Waals surface area contributed by atoms with Crippen LogP contribution in [0.3, 0.4) is 0 Å². The molecule has 1 N–H and O–H groups in total. The summed E-state index contributed by atoms with van der Waals surface area (Å²) in [5.41, 5.74) is 2.43. The minimum absolute atomic E-state index is 0.0272. The molecule has 1 saturated heterocycles. The lowest BCUT2D eigenvalue weighted by Crippen LogP contribution is -2.32. The van der Waals surface area contributed by atoms with Gasteiger partial charge >= 0.3 is 0 Å². The highest BCUT2D eigenvalue weighted by molar-refractivity contribution is 7.84. The molecule has 2 unspecified atom stereocenters. The number of benzene rings is 1. The summed E-state index contributed by atoms with van der Waals surface area (Å²) in [7, 11) is -0.941. The minimum Gasteiger partial charge on any atom is -0.352 e. The van der Waals surface area contributed by atoms with Crippen LogP contribution in [0.15, 0.2) is 24.3 Å². The lowest BCUT2D eigenvalue weighted by molar-refractivity contribution is -0.124. The third-order valence-electron chi connectivity index (χ3n) is 4.67. The molecule has 4 nitrogen and oxygen atoms in total. The molecule has 0 spiro atoms. The van der Waals surface area contributed by atoms with E-state index in [1.165, 1.54) is 31.5 Å². The Morgan fingerprint density at radius 2 is 2.00 bits per heavy atom. The number of carbonyl (C=O) groups excluding carboxylic acids is 1. The maximum atomic E-state index is 12.0. The van der Waals surface area contributed by atoms with Gasteiger partial charge in [0.05, 0.1) is 0 Å². The molecular formula is C19H30N2O2S. The molecule has 1 heterocycles. The number of likely N-dealkylation sites (tertiary alicyclic amines) is 1. The Morgan fingerprint density at radius 3 is 2.67 bits per heavy atom. The second kappa shape index (κ2) is 9.33. The van der Waals surface area contributed by atoms with Crippen molar-refractivity contribution < 1.29 is 9.00 Å². The molecule has 1 aliphatic rings. The minimum atomic E-state index is -0.941. The summed E-state index contributed by atoms with van der Waals surface area (Å²) >= 11 is 0. The summed E-state index contributed by atoms with van der Waals surface area (Å²) < 4.78 is 11.2. The van der Waals surface area contributed by atoms with Gasteiger partial charge in [0, 0.05) is 41.8 Å². The van der Waals surface area contributed by atoms with Gasteiger partial charge in [0.2, 0.25) is 5.91 Å². The van der Waals surface area contributed by atoms with Crippen molar-refractivity contribution in [1.82, 2.24) is 10.2 Å². The number of piperidine rings is 1. The van der Waals surface area contributed by atoms with Crippen molar-refractivity contribution in [3.05, 3.63) is 35.4 Å². The largest absolute Gasteiger partial charge is 0.352 e. The van der Waals surface area contributed by atoms with Crippen LogP contribution in [-0.4, -0.2) is 40.1 Å². The van der Waals surface area contributed by atoms with E-state index in [4.69, 9.17) is 0 Å². The third-order valence-corrected chi connectivity index (χ3v) is 5.64. The second-order valence-corrected chi connectivity index (χ2v) is 8.62. The van der Waals surface area contributed by atoms with Crippen molar-refractivity contribution in [2.45, 2.75) is 39.8 Å². The molecule has 1 aromatic carbocycles. The molecule has 24 heavy (non-hydrogen) atoms. The van der Waals surface area contributed by atoms with Crippen LogP contribution < -0.4 is 5.32 Å². The summed E-state index contributed by atoms with van der Waals surface area (Å²) in [6.07, 6.45) is 4.20. The molecule has 1 aliphatic heterocycles. The van der Waals surface area contributed by atoms with Crippen LogP contribution >= 0.6 is 0 Å². The highest BCUT2D eigenvalue weighted by Crippen LogP contribution is 2.18. The molecule has 1 fully saturated rings. The summed E-state index contributed by atoms with van der Waals surface area (Å²) in [6, 6.07) is 8.45. The molecule has 0 aliphatic carbocycles. The van der Waals surface area contributed by atoms with Gasteiger partial charge in [-0.15, -0.1) is 0 Å². The maximum Gasteiger partial charge on any atom is 0.224 e. The highest BCUT2D eigenvalue weighted by Gasteiger charge is 2.16. The van der Waals surface area contributed by atoms with Gasteiger partial charge in [0.15, 0.2) is 0 Å². The quantitative estimate of drug-likeness (QED) is 0.822. The molecule has 134 valence electrons. The van der Waals surface area contributed by atoms with E-state index in [9.17, 15) is 9.00 Å². The molecule has 1 aromatic rings. The fourth-order valence-corrected chi connectivity index (χ4v) is 3.96. The van der Waals surface area contributed by atoms with Gasteiger partial charge in [-0.2, -0.15) is 0 Å². The molecule has 5 heteroatoms. The predicted octanol–water partition coefficient (Wildman–Crippen LogP) is 2.55. The number of carbonyl (C=O) groups is 1. The van der Waals surface area contributed by atoms with Gasteiger partial charge in [0.1, 0.15) is 0 Å². The van der Waals surface area contributed by atoms with Crippen molar-refractivity contribution >= 4 is 16.7 Å². The van der Waals surface area contributed by atoms with Crippen molar-refractivity contribution in [1.29, 1.82) is 0 Å². The fourth-order valence-electron chi connectivity index (χ4n) is 3.11. The lowest BCUT2D eigenvalue weighted by atomic mass is 9.98. The zero-order valence-corrected chi connectivity index (χ0v) is 15.9. The highest BCUT2D eigenvalue weighted by atomic mass is 32.2. The Labute approximate surface area is 148 Å². The Bertz CT molecular complexity index is 568. The standard InChI is InChI=1S/C19H30N2O2S/c1-15-7-9-21(10-8-15)13-18-6-4-5-17(11-18)12-20-19(22)16(2)14-24(3)23/h4-6,11,15-16H,7-10,12-14H2,1-3H3,(H,20,22). The van der Waals surface area contributed by atoms with Gasteiger partial charge in [-0.25, -0.2) is 0 Å². The van der Waals surface area contributed by atoms with Gasteiger partial charge in [-0.1, -0.05) is 38.1 Å². The number of amides is 1. The topological polar surface area (TPSA) is 49.4 Å². The zero-order valence-electron chi connectivity index (χ0n) is 15.1. The number of nitrogens with zero attached hydrogens (tertiary/aromatic N) is 1. The summed E-state index contributed by atoms with van der Waals surface area (Å²) in [5, 5.41) is 2.95. The van der Waals surface area contributed by atoms with Gasteiger partial charge in [-0.05, 0) is 43.0 Å². The van der Waals surface area contributed by atoms with Crippen LogP contribution in [0.5, 0.6) is 0 Å². The lowest BCUT2D eigenvalue weighted by Gasteiger charge is -2.30. The zero-order chi connectivity index (χ0) is 17.5. The van der Waals surface area contributed by atoms with E-state index in [0.29, 0.717) is 12.3 Å². The fraction of sp³-hybridized carbons (Fsp3) is 0.632. The van der Waals surface area contributed by atoms with Crippen LogP contribution in [0.4, 0.5) is 0 Å². The SMILES string of the molecule is CC1CCN(Cc2cccc(CNC(=O)C(C)CS(C)=O)c2)CC1. The normalized spacial score (nSPS) is 19.0. The van der Waals surface area contributed by atoms with E-state index in [2.05, 4.69) is 35.3 Å². The summed E-state index contributed by atoms with van der Waals surface area (Å²) in [4.78, 5) is 14.5. The number of hydrogen-bond acceptors (Lipinski definition) is 3. The van der Waals surface area contributed by atoms with Gasteiger partial charge in [-0.3, -0.25) is 13.9 Å². The Morgan fingerprint density at radius 1 is 1.33 bits per heavy atom. The van der Waals surface area contributed by atoms with Crippen LogP contribution in [0.1, 0.15) is 37.8 Å². The molecule has 2 rings (SSSR count). The van der Waals surface area contributed by atoms with E-state index in [0.717, 1.165) is 18.0 Å². The molecule has 0 aromatic heterocycles. The van der Waals surface area contributed by atoms with Gasteiger partial charge in [0.25, 0.3) is 0 Å². The number of hydrogen-bond donors (Lipinski definition) is 1. The van der Waals surface area contributed by atoms with Crippen molar-refractivity contribution in [2.75, 3.05) is 25.1 Å². The Hall–Kier alpha value is -1.20. The van der Waals surface area contributed by atoms with Crippen LogP contribution in [0.2, 0.25) is 0 Å². The Kier molecular flexibility index (Phi) is 7.43. The van der Waals surface area contributed by atoms with E-state index >= 15 is 0 Å². The van der Waals surface area contributed by atoms with Crippen molar-refractivity contribution in [3.8, 4) is 0 Å². The average molecular weight is 351 g/mol. The van der Waals surface area contributed by atoms with E-state index in [-0.39, 0.29) is 11.8 Å². The number of nitrogens with one attached hydrogen (secondary N) is 1. The molecule has 0 radical (unpaired) electrons. The predicted molar refractivity (Wildman–Crippen MR) is 100 cm³/mol. The first-order valence-electron chi connectivity index (χ1n) is 8.82. The van der Waals surface area contributed by atoms with Crippen molar-refractivity contribution in [2.24, 2.45) is 11.8 Å². The smallest absolute Gasteiger partial charge is 0.224 e. The first-order chi connectivity index (χ1) is 11.4. The van der Waals surface area contributed by atoms with E-state index in [1.54, 1.807) is 6.26 Å².